The van der Waals surface area contributed by atoms with Crippen molar-refractivity contribution in [1.29, 1.82) is 0 Å². The first kappa shape index (κ1) is 23.7. The minimum Gasteiger partial charge on any atom is -0.474 e. The lowest BCUT2D eigenvalue weighted by Gasteiger charge is -2.21. The second kappa shape index (κ2) is 9.93. The second-order valence-electron chi connectivity index (χ2n) is 9.18. The van der Waals surface area contributed by atoms with E-state index in [1.54, 1.807) is 35.4 Å². The quantitative estimate of drug-likeness (QED) is 0.422. The van der Waals surface area contributed by atoms with Crippen molar-refractivity contribution in [3.05, 3.63) is 60.4 Å². The Morgan fingerprint density at radius 1 is 1.22 bits per heavy atom. The highest BCUT2D eigenvalue weighted by Gasteiger charge is 2.41. The molecule has 1 aliphatic carbocycles. The summed E-state index contributed by atoms with van der Waals surface area (Å²) in [6.07, 6.45) is 8.83. The summed E-state index contributed by atoms with van der Waals surface area (Å²) in [6, 6.07) is 6.94. The lowest BCUT2D eigenvalue weighted by Crippen LogP contribution is -2.20. The number of rotatable bonds is 4. The van der Waals surface area contributed by atoms with Crippen molar-refractivity contribution < 1.29 is 13.9 Å². The number of hydrogen-bond acceptors (Lipinski definition) is 6. The van der Waals surface area contributed by atoms with E-state index in [9.17, 15) is 9.18 Å². The van der Waals surface area contributed by atoms with Crippen molar-refractivity contribution in [2.45, 2.75) is 26.7 Å². The molecule has 0 saturated heterocycles. The SMILES string of the molecule is CCC1CC1C(=O)Nc1cc2cc(-c3cnc4c(c3C)NCCO4)c(F)cc2cn1.Cn1cccn1. The maximum atomic E-state index is 14.9. The highest BCUT2D eigenvalue weighted by molar-refractivity contribution is 5.96. The van der Waals surface area contributed by atoms with E-state index >= 15 is 0 Å². The van der Waals surface area contributed by atoms with Crippen LogP contribution in [0, 0.1) is 24.6 Å². The summed E-state index contributed by atoms with van der Waals surface area (Å²) in [6.45, 7) is 5.28. The molecule has 0 bridgehead atoms. The highest BCUT2D eigenvalue weighted by Crippen LogP contribution is 2.42. The molecule has 2 unspecified atom stereocenters. The third kappa shape index (κ3) is 4.86. The van der Waals surface area contributed by atoms with Crippen molar-refractivity contribution in [2.24, 2.45) is 18.9 Å². The summed E-state index contributed by atoms with van der Waals surface area (Å²) >= 11 is 0. The van der Waals surface area contributed by atoms with Crippen molar-refractivity contribution >= 4 is 28.2 Å². The Bertz CT molecular complexity index is 1410. The first-order valence-electron chi connectivity index (χ1n) is 12.1. The number of carbonyl (C=O) groups excluding carboxylic acids is 1. The molecule has 4 aromatic rings. The number of pyridine rings is 2. The van der Waals surface area contributed by atoms with Crippen LogP contribution < -0.4 is 15.4 Å². The molecular formula is C27H29FN6O2. The van der Waals surface area contributed by atoms with Gasteiger partial charge in [-0.1, -0.05) is 13.3 Å². The summed E-state index contributed by atoms with van der Waals surface area (Å²) in [5.74, 6) is 1.26. The smallest absolute Gasteiger partial charge is 0.237 e. The van der Waals surface area contributed by atoms with Crippen LogP contribution in [0.4, 0.5) is 15.9 Å². The van der Waals surface area contributed by atoms with E-state index in [1.165, 1.54) is 6.07 Å². The minimum atomic E-state index is -0.341. The van der Waals surface area contributed by atoms with Crippen LogP contribution in [0.5, 0.6) is 5.88 Å². The van der Waals surface area contributed by atoms with Gasteiger partial charge in [-0.2, -0.15) is 5.10 Å². The Morgan fingerprint density at radius 3 is 2.78 bits per heavy atom. The standard InChI is InChI=1S/C23H23FN4O2.C4H6N2/c1-3-13-6-16(13)22(29)28-20-9-14-7-17(19(24)8-15(14)10-26-20)18-11-27-23-21(12(18)2)25-4-5-30-23;1-6-4-2-3-5-6/h7-11,13,16,25H,3-6H2,1-2H3,(H,26,28,29);2-4H,1H3. The van der Waals surface area contributed by atoms with Crippen LogP contribution in [0.2, 0.25) is 0 Å². The number of halogens is 1. The predicted octanol–water partition coefficient (Wildman–Crippen LogP) is 4.95. The summed E-state index contributed by atoms with van der Waals surface area (Å²) in [5.41, 5.74) is 2.85. The van der Waals surface area contributed by atoms with Gasteiger partial charge in [0, 0.05) is 60.8 Å². The third-order valence-electron chi connectivity index (χ3n) is 6.72. The number of anilines is 2. The van der Waals surface area contributed by atoms with Crippen LogP contribution in [-0.2, 0) is 11.8 Å². The maximum absolute atomic E-state index is 14.9. The summed E-state index contributed by atoms with van der Waals surface area (Å²) in [4.78, 5) is 21.0. The fourth-order valence-corrected chi connectivity index (χ4v) is 4.52. The monoisotopic (exact) mass is 488 g/mol. The van der Waals surface area contributed by atoms with Gasteiger partial charge in [0.25, 0.3) is 0 Å². The van der Waals surface area contributed by atoms with Crippen molar-refractivity contribution in [3.8, 4) is 17.0 Å². The lowest BCUT2D eigenvalue weighted by molar-refractivity contribution is -0.117. The molecule has 2 atom stereocenters. The summed E-state index contributed by atoms with van der Waals surface area (Å²) < 4.78 is 22.3. The van der Waals surface area contributed by atoms with Crippen LogP contribution in [-0.4, -0.2) is 38.8 Å². The first-order chi connectivity index (χ1) is 17.4. The number of aryl methyl sites for hydroxylation is 1. The number of nitrogens with zero attached hydrogens (tertiary/aromatic N) is 4. The van der Waals surface area contributed by atoms with Crippen molar-refractivity contribution in [1.82, 2.24) is 19.7 Å². The topological polar surface area (TPSA) is 94.0 Å². The Labute approximate surface area is 208 Å². The van der Waals surface area contributed by atoms with Gasteiger partial charge in [-0.15, -0.1) is 0 Å². The Kier molecular flexibility index (Phi) is 6.54. The van der Waals surface area contributed by atoms with E-state index in [2.05, 4.69) is 32.6 Å². The molecule has 2 N–H and O–H groups in total. The molecule has 8 nitrogen and oxygen atoms in total. The van der Waals surface area contributed by atoms with Gasteiger partial charge in [-0.05, 0) is 54.5 Å². The van der Waals surface area contributed by atoms with Crippen molar-refractivity contribution in [3.63, 3.8) is 0 Å². The molecule has 3 aromatic heterocycles. The fourth-order valence-electron chi connectivity index (χ4n) is 4.52. The number of amides is 1. The molecule has 4 heterocycles. The average Bonchev–Trinajstić information content (AvgIpc) is 3.54. The molecule has 36 heavy (non-hydrogen) atoms. The van der Waals surface area contributed by atoms with Gasteiger partial charge < -0.3 is 15.4 Å². The van der Waals surface area contributed by atoms with Gasteiger partial charge in [-0.3, -0.25) is 9.48 Å². The molecule has 1 saturated carbocycles. The van der Waals surface area contributed by atoms with Crippen LogP contribution in [0.3, 0.4) is 0 Å². The van der Waals surface area contributed by atoms with Crippen LogP contribution >= 0.6 is 0 Å². The Morgan fingerprint density at radius 2 is 2.08 bits per heavy atom. The molecule has 1 fully saturated rings. The number of hydrogen-bond donors (Lipinski definition) is 2. The number of aromatic nitrogens is 4. The fraction of sp³-hybridized carbons (Fsp3) is 0.333. The van der Waals surface area contributed by atoms with E-state index in [0.717, 1.165) is 29.5 Å². The van der Waals surface area contributed by atoms with E-state index in [4.69, 9.17) is 4.74 Å². The highest BCUT2D eigenvalue weighted by atomic mass is 19.1. The minimum absolute atomic E-state index is 0.0110. The van der Waals surface area contributed by atoms with Gasteiger partial charge in [0.05, 0.1) is 0 Å². The second-order valence-corrected chi connectivity index (χ2v) is 9.18. The molecule has 6 rings (SSSR count). The number of fused-ring (bicyclic) bond motifs is 2. The Hall–Kier alpha value is -4.01. The van der Waals surface area contributed by atoms with E-state index in [1.807, 2.05) is 26.2 Å². The molecule has 186 valence electrons. The van der Waals surface area contributed by atoms with E-state index < -0.39 is 0 Å². The number of benzene rings is 1. The molecule has 0 spiro atoms. The normalized spacial score (nSPS) is 17.8. The van der Waals surface area contributed by atoms with E-state index in [-0.39, 0.29) is 17.6 Å². The molecule has 1 amide bonds. The average molecular weight is 489 g/mol. The lowest BCUT2D eigenvalue weighted by atomic mass is 9.98. The number of nitrogens with one attached hydrogen (secondary N) is 2. The maximum Gasteiger partial charge on any atom is 0.237 e. The largest absolute Gasteiger partial charge is 0.474 e. The van der Waals surface area contributed by atoms with Crippen molar-refractivity contribution in [2.75, 3.05) is 23.8 Å². The first-order valence-corrected chi connectivity index (χ1v) is 12.1. The molecule has 1 aromatic carbocycles. The zero-order valence-corrected chi connectivity index (χ0v) is 20.6. The number of carbonyl (C=O) groups is 1. The van der Waals surface area contributed by atoms with Crippen LogP contribution in [0.25, 0.3) is 21.9 Å². The number of ether oxygens (including phenoxy) is 1. The molecule has 0 radical (unpaired) electrons. The molecule has 9 heteroatoms. The van der Waals surface area contributed by atoms with Gasteiger partial charge in [0.15, 0.2) is 0 Å². The van der Waals surface area contributed by atoms with Gasteiger partial charge in [-0.25, -0.2) is 14.4 Å². The van der Waals surface area contributed by atoms with E-state index in [0.29, 0.717) is 47.3 Å². The summed E-state index contributed by atoms with van der Waals surface area (Å²) in [7, 11) is 1.89. The predicted molar refractivity (Wildman–Crippen MR) is 137 cm³/mol. The third-order valence-corrected chi connectivity index (χ3v) is 6.72. The summed E-state index contributed by atoms with van der Waals surface area (Å²) in [5, 5.41) is 11.5. The molecule has 1 aliphatic heterocycles. The molecular weight excluding hydrogens is 459 g/mol. The van der Waals surface area contributed by atoms with Crippen LogP contribution in [0.15, 0.2) is 49.1 Å². The van der Waals surface area contributed by atoms with Gasteiger partial charge in [0.2, 0.25) is 11.8 Å². The molecule has 2 aliphatic rings. The zero-order chi connectivity index (χ0) is 25.2. The zero-order valence-electron chi connectivity index (χ0n) is 20.6. The van der Waals surface area contributed by atoms with Gasteiger partial charge >= 0.3 is 0 Å². The van der Waals surface area contributed by atoms with Crippen LogP contribution in [0.1, 0.15) is 25.3 Å². The van der Waals surface area contributed by atoms with Gasteiger partial charge in [0.1, 0.15) is 23.9 Å². The Balaban J connectivity index is 0.000000391.